The van der Waals surface area contributed by atoms with E-state index in [0.29, 0.717) is 27.9 Å². The van der Waals surface area contributed by atoms with Crippen LogP contribution in [0, 0.1) is 0 Å². The van der Waals surface area contributed by atoms with Gasteiger partial charge in [-0.2, -0.15) is 0 Å². The first-order valence-electron chi connectivity index (χ1n) is 7.63. The first-order chi connectivity index (χ1) is 12.5. The van der Waals surface area contributed by atoms with Crippen molar-refractivity contribution < 1.29 is 19.1 Å². The molecule has 0 atom stereocenters. The number of ether oxygens (including phenoxy) is 2. The Kier molecular flexibility index (Phi) is 5.53. The van der Waals surface area contributed by atoms with E-state index in [1.54, 1.807) is 30.5 Å². The number of thioether (sulfide) groups is 1. The summed E-state index contributed by atoms with van der Waals surface area (Å²) in [7, 11) is 2.97. The molecule has 0 unspecified atom stereocenters. The van der Waals surface area contributed by atoms with Crippen molar-refractivity contribution >= 4 is 46.6 Å². The molecule has 0 aliphatic carbocycles. The molecular weight excluding hydrogens is 378 g/mol. The number of aromatic nitrogens is 1. The topological polar surface area (TPSA) is 80.8 Å². The molecule has 3 rings (SSSR count). The zero-order chi connectivity index (χ0) is 18.7. The van der Waals surface area contributed by atoms with E-state index >= 15 is 0 Å². The predicted octanol–water partition coefficient (Wildman–Crippen LogP) is 2.83. The summed E-state index contributed by atoms with van der Waals surface area (Å²) in [6, 6.07) is 6.63. The third kappa shape index (κ3) is 3.71. The highest BCUT2D eigenvalue weighted by Crippen LogP contribution is 2.36. The average Bonchev–Trinajstić information content (AvgIpc) is 2.64. The minimum Gasteiger partial charge on any atom is -0.495 e. The van der Waals surface area contributed by atoms with Crippen LogP contribution in [0.15, 0.2) is 35.5 Å². The Morgan fingerprint density at radius 2 is 2.12 bits per heavy atom. The number of hydrogen-bond donors (Lipinski definition) is 1. The molecule has 9 heteroatoms. The molecule has 0 saturated heterocycles. The quantitative estimate of drug-likeness (QED) is 0.841. The maximum atomic E-state index is 12.5. The number of carbonyl (C=O) groups excluding carboxylic acids is 2. The summed E-state index contributed by atoms with van der Waals surface area (Å²) >= 11 is 7.47. The van der Waals surface area contributed by atoms with Crippen LogP contribution in [0.5, 0.6) is 11.5 Å². The Balaban J connectivity index is 1.80. The molecule has 1 aromatic heterocycles. The van der Waals surface area contributed by atoms with Crippen LogP contribution in [0.2, 0.25) is 5.02 Å². The van der Waals surface area contributed by atoms with E-state index in [9.17, 15) is 9.59 Å². The lowest BCUT2D eigenvalue weighted by molar-refractivity contribution is -0.120. The zero-order valence-electron chi connectivity index (χ0n) is 14.1. The molecule has 7 nitrogen and oxygen atoms in total. The Labute approximate surface area is 159 Å². The summed E-state index contributed by atoms with van der Waals surface area (Å²) in [6.45, 7) is -0.134. The van der Waals surface area contributed by atoms with Crippen molar-refractivity contribution in [3.63, 3.8) is 0 Å². The Morgan fingerprint density at radius 3 is 2.85 bits per heavy atom. The molecule has 0 spiro atoms. The van der Waals surface area contributed by atoms with Gasteiger partial charge in [0.15, 0.2) is 0 Å². The van der Waals surface area contributed by atoms with Crippen LogP contribution in [0.3, 0.4) is 0 Å². The largest absolute Gasteiger partial charge is 0.495 e. The van der Waals surface area contributed by atoms with Crippen molar-refractivity contribution in [3.8, 4) is 11.5 Å². The lowest BCUT2D eigenvalue weighted by Gasteiger charge is -2.27. The fourth-order valence-electron chi connectivity index (χ4n) is 2.51. The van der Waals surface area contributed by atoms with Gasteiger partial charge in [0.05, 0.1) is 36.4 Å². The molecule has 26 heavy (non-hydrogen) atoms. The van der Waals surface area contributed by atoms with E-state index in [1.807, 2.05) is 0 Å². The van der Waals surface area contributed by atoms with Crippen molar-refractivity contribution in [3.05, 3.63) is 35.5 Å². The number of carbonyl (C=O) groups is 2. The average molecular weight is 394 g/mol. The van der Waals surface area contributed by atoms with E-state index in [0.717, 1.165) is 5.03 Å². The third-order valence-electron chi connectivity index (χ3n) is 3.73. The molecule has 0 bridgehead atoms. The fourth-order valence-corrected chi connectivity index (χ4v) is 3.62. The van der Waals surface area contributed by atoms with Crippen molar-refractivity contribution in [2.45, 2.75) is 5.03 Å². The number of methoxy groups -OCH3 is 2. The van der Waals surface area contributed by atoms with Gasteiger partial charge in [0, 0.05) is 12.3 Å². The summed E-state index contributed by atoms with van der Waals surface area (Å²) < 4.78 is 10.4. The number of benzene rings is 1. The van der Waals surface area contributed by atoms with Gasteiger partial charge < -0.3 is 14.8 Å². The van der Waals surface area contributed by atoms with Crippen molar-refractivity contribution in [1.29, 1.82) is 0 Å². The molecule has 136 valence electrons. The summed E-state index contributed by atoms with van der Waals surface area (Å²) in [4.78, 5) is 30.4. The molecule has 1 aliphatic heterocycles. The highest BCUT2D eigenvalue weighted by molar-refractivity contribution is 8.00. The van der Waals surface area contributed by atoms with Crippen LogP contribution in [0.25, 0.3) is 0 Å². The molecule has 0 saturated carbocycles. The van der Waals surface area contributed by atoms with Crippen LogP contribution in [-0.4, -0.2) is 43.3 Å². The van der Waals surface area contributed by atoms with Gasteiger partial charge in [-0.25, -0.2) is 4.98 Å². The zero-order valence-corrected chi connectivity index (χ0v) is 15.7. The Bertz CT molecular complexity index is 862. The van der Waals surface area contributed by atoms with Crippen molar-refractivity contribution in [1.82, 2.24) is 4.98 Å². The molecule has 2 aromatic rings. The number of amides is 2. The van der Waals surface area contributed by atoms with Crippen molar-refractivity contribution in [2.24, 2.45) is 0 Å². The second-order valence-electron chi connectivity index (χ2n) is 5.33. The lowest BCUT2D eigenvalue weighted by atomic mass is 10.2. The maximum absolute atomic E-state index is 12.5. The van der Waals surface area contributed by atoms with E-state index in [2.05, 4.69) is 10.3 Å². The number of nitrogens with zero attached hydrogens (tertiary/aromatic N) is 2. The van der Waals surface area contributed by atoms with E-state index in [1.165, 1.54) is 30.9 Å². The first-order valence-corrected chi connectivity index (χ1v) is 8.99. The van der Waals surface area contributed by atoms with E-state index in [4.69, 9.17) is 21.1 Å². The maximum Gasteiger partial charge on any atom is 0.244 e. The number of rotatable bonds is 5. The third-order valence-corrected chi connectivity index (χ3v) is 5.00. The number of pyridine rings is 1. The van der Waals surface area contributed by atoms with Crippen LogP contribution < -0.4 is 19.7 Å². The number of hydrogen-bond acceptors (Lipinski definition) is 6. The van der Waals surface area contributed by atoms with Gasteiger partial charge in [0.2, 0.25) is 11.8 Å². The molecule has 1 aliphatic rings. The van der Waals surface area contributed by atoms with Gasteiger partial charge in [0.25, 0.3) is 0 Å². The Morgan fingerprint density at radius 1 is 1.35 bits per heavy atom. The van der Waals surface area contributed by atoms with Crippen molar-refractivity contribution in [2.75, 3.05) is 36.7 Å². The molecule has 1 N–H and O–H groups in total. The normalized spacial score (nSPS) is 13.2. The number of fused-ring (bicyclic) bond motifs is 1. The van der Waals surface area contributed by atoms with Crippen LogP contribution in [-0.2, 0) is 9.59 Å². The molecular formula is C17H16ClN3O4S. The monoisotopic (exact) mass is 393 g/mol. The van der Waals surface area contributed by atoms with E-state index < -0.39 is 0 Å². The summed E-state index contributed by atoms with van der Waals surface area (Å²) in [5, 5.41) is 3.79. The standard InChI is InChI=1S/C17H16ClN3O4S/c1-24-13-7-14(25-2)11(6-10(13)18)20-15(22)8-21-12-4-3-5-19-17(12)26-9-16(21)23/h3-7H,8-9H2,1-2H3,(H,20,22). The Hall–Kier alpha value is -2.45. The summed E-state index contributed by atoms with van der Waals surface area (Å²) in [5.74, 6) is 0.562. The van der Waals surface area contributed by atoms with Gasteiger partial charge in [-0.1, -0.05) is 23.4 Å². The SMILES string of the molecule is COc1cc(OC)c(NC(=O)CN2C(=O)CSc3ncccc32)cc1Cl. The van der Waals surface area contributed by atoms with Crippen LogP contribution in [0.4, 0.5) is 11.4 Å². The molecule has 2 amide bonds. The summed E-state index contributed by atoms with van der Waals surface area (Å²) in [5.41, 5.74) is 1.03. The smallest absolute Gasteiger partial charge is 0.244 e. The van der Waals surface area contributed by atoms with Gasteiger partial charge in [0.1, 0.15) is 23.1 Å². The van der Waals surface area contributed by atoms with Gasteiger partial charge >= 0.3 is 0 Å². The minimum absolute atomic E-state index is 0.134. The lowest BCUT2D eigenvalue weighted by Crippen LogP contribution is -2.41. The summed E-state index contributed by atoms with van der Waals surface area (Å²) in [6.07, 6.45) is 1.66. The van der Waals surface area contributed by atoms with Gasteiger partial charge in [-0.3, -0.25) is 14.5 Å². The second-order valence-corrected chi connectivity index (χ2v) is 6.70. The number of nitrogens with one attached hydrogen (secondary N) is 1. The second kappa shape index (κ2) is 7.84. The number of halogens is 1. The molecule has 0 fully saturated rings. The minimum atomic E-state index is -0.375. The first kappa shape index (κ1) is 18.3. The fraction of sp³-hybridized carbons (Fsp3) is 0.235. The van der Waals surface area contributed by atoms with E-state index in [-0.39, 0.29) is 24.1 Å². The number of anilines is 2. The molecule has 1 aromatic carbocycles. The highest BCUT2D eigenvalue weighted by atomic mass is 35.5. The predicted molar refractivity (Wildman–Crippen MR) is 100 cm³/mol. The molecule has 2 heterocycles. The highest BCUT2D eigenvalue weighted by Gasteiger charge is 2.27. The van der Waals surface area contributed by atoms with Gasteiger partial charge in [-0.15, -0.1) is 0 Å². The van der Waals surface area contributed by atoms with Crippen LogP contribution >= 0.6 is 23.4 Å². The van der Waals surface area contributed by atoms with Gasteiger partial charge in [-0.05, 0) is 18.2 Å². The molecule has 0 radical (unpaired) electrons. The van der Waals surface area contributed by atoms with Crippen LogP contribution in [0.1, 0.15) is 0 Å².